The molecule has 0 heterocycles. The fourth-order valence-corrected chi connectivity index (χ4v) is 2.92. The summed E-state index contributed by atoms with van der Waals surface area (Å²) in [4.78, 5) is 12.0. The molecule has 0 saturated carbocycles. The quantitative estimate of drug-likeness (QED) is 0.544. The van der Waals surface area contributed by atoms with Crippen LogP contribution in [0.1, 0.15) is 24.0 Å². The van der Waals surface area contributed by atoms with Gasteiger partial charge in [0.05, 0.1) is 0 Å². The maximum Gasteiger partial charge on any atom is 0.224 e. The number of phenolic OH excluding ortho intramolecular Hbond substituents is 1. The third-order valence-corrected chi connectivity index (χ3v) is 4.50. The van der Waals surface area contributed by atoms with E-state index in [2.05, 4.69) is 53.8 Å². The van der Waals surface area contributed by atoms with E-state index in [-0.39, 0.29) is 11.7 Å². The third-order valence-electron chi connectivity index (χ3n) is 4.50. The number of carbonyl (C=O) groups excluding carboxylic acids is 1. The fourth-order valence-electron chi connectivity index (χ4n) is 2.92. The van der Waals surface area contributed by atoms with E-state index in [4.69, 9.17) is 5.73 Å². The Morgan fingerprint density at radius 3 is 1.93 bits per heavy atom. The Bertz CT molecular complexity index is 870. The Labute approximate surface area is 159 Å². The summed E-state index contributed by atoms with van der Waals surface area (Å²) in [5.41, 5.74) is 11.0. The van der Waals surface area contributed by atoms with Crippen LogP contribution in [-0.4, -0.2) is 11.0 Å². The Morgan fingerprint density at radius 2 is 1.37 bits per heavy atom. The lowest BCUT2D eigenvalue weighted by atomic mass is 10.0. The molecule has 4 nitrogen and oxygen atoms in total. The molecule has 0 radical (unpaired) electrons. The van der Waals surface area contributed by atoms with Gasteiger partial charge in [-0.05, 0) is 59.4 Å². The van der Waals surface area contributed by atoms with E-state index in [1.165, 1.54) is 16.7 Å². The standard InChI is InChI=1S/C23H24N2O2/c24-16-18-6-10-20(11-7-18)19-8-4-17(5-9-19)2-1-3-23(27)25-21-12-14-22(26)15-13-21/h4-15,26H,1-3,16,24H2,(H,25,27). The van der Waals surface area contributed by atoms with Crippen molar-refractivity contribution in [1.82, 2.24) is 0 Å². The van der Waals surface area contributed by atoms with Crippen molar-refractivity contribution in [3.63, 3.8) is 0 Å². The number of hydrogen-bond donors (Lipinski definition) is 3. The Kier molecular flexibility index (Phi) is 6.23. The van der Waals surface area contributed by atoms with E-state index < -0.39 is 0 Å². The molecule has 4 heteroatoms. The summed E-state index contributed by atoms with van der Waals surface area (Å²) < 4.78 is 0. The third kappa shape index (κ3) is 5.43. The lowest BCUT2D eigenvalue weighted by molar-refractivity contribution is -0.116. The number of aromatic hydroxyl groups is 1. The van der Waals surface area contributed by atoms with Crippen molar-refractivity contribution in [2.45, 2.75) is 25.8 Å². The van der Waals surface area contributed by atoms with E-state index in [9.17, 15) is 9.90 Å². The van der Waals surface area contributed by atoms with Crippen molar-refractivity contribution in [1.29, 1.82) is 0 Å². The van der Waals surface area contributed by atoms with Crippen molar-refractivity contribution < 1.29 is 9.90 Å². The Balaban J connectivity index is 1.48. The molecule has 0 aliphatic carbocycles. The van der Waals surface area contributed by atoms with Gasteiger partial charge in [-0.25, -0.2) is 0 Å². The predicted octanol–water partition coefficient (Wildman–Crippen LogP) is 4.48. The highest BCUT2D eigenvalue weighted by Crippen LogP contribution is 2.21. The maximum atomic E-state index is 12.0. The van der Waals surface area contributed by atoms with E-state index >= 15 is 0 Å². The molecule has 3 rings (SSSR count). The van der Waals surface area contributed by atoms with Crippen molar-refractivity contribution in [2.75, 3.05) is 5.32 Å². The zero-order valence-electron chi connectivity index (χ0n) is 15.2. The SMILES string of the molecule is NCc1ccc(-c2ccc(CCCC(=O)Nc3ccc(O)cc3)cc2)cc1. The summed E-state index contributed by atoms with van der Waals surface area (Å²) in [5, 5.41) is 12.1. The molecule has 138 valence electrons. The molecule has 0 saturated heterocycles. The van der Waals surface area contributed by atoms with Crippen LogP contribution in [0.25, 0.3) is 11.1 Å². The molecule has 0 aromatic heterocycles. The summed E-state index contributed by atoms with van der Waals surface area (Å²) in [6.45, 7) is 0.555. The largest absolute Gasteiger partial charge is 0.508 e. The topological polar surface area (TPSA) is 75.4 Å². The second-order valence-corrected chi connectivity index (χ2v) is 6.55. The van der Waals surface area contributed by atoms with Crippen LogP contribution in [0.5, 0.6) is 5.75 Å². The van der Waals surface area contributed by atoms with Crippen LogP contribution >= 0.6 is 0 Å². The average Bonchev–Trinajstić information content (AvgIpc) is 2.70. The minimum Gasteiger partial charge on any atom is -0.508 e. The number of amides is 1. The fraction of sp³-hybridized carbons (Fsp3) is 0.174. The number of nitrogens with two attached hydrogens (primary N) is 1. The van der Waals surface area contributed by atoms with Crippen LogP contribution in [0.4, 0.5) is 5.69 Å². The molecule has 1 amide bonds. The molecule has 0 unspecified atom stereocenters. The van der Waals surface area contributed by atoms with E-state index in [1.54, 1.807) is 24.3 Å². The summed E-state index contributed by atoms with van der Waals surface area (Å²) >= 11 is 0. The highest BCUT2D eigenvalue weighted by molar-refractivity contribution is 5.90. The average molecular weight is 360 g/mol. The first-order valence-corrected chi connectivity index (χ1v) is 9.11. The summed E-state index contributed by atoms with van der Waals surface area (Å²) in [5.74, 6) is 0.170. The van der Waals surface area contributed by atoms with Gasteiger partial charge in [0, 0.05) is 18.7 Å². The molecule has 3 aromatic rings. The predicted molar refractivity (Wildman–Crippen MR) is 109 cm³/mol. The van der Waals surface area contributed by atoms with Gasteiger partial charge >= 0.3 is 0 Å². The first-order valence-electron chi connectivity index (χ1n) is 9.11. The Hall–Kier alpha value is -3.11. The molecule has 0 fully saturated rings. The van der Waals surface area contributed by atoms with Gasteiger partial charge in [0.15, 0.2) is 0 Å². The van der Waals surface area contributed by atoms with Gasteiger partial charge in [0.2, 0.25) is 5.91 Å². The van der Waals surface area contributed by atoms with Gasteiger partial charge in [-0.1, -0.05) is 48.5 Å². The molecular formula is C23H24N2O2. The lowest BCUT2D eigenvalue weighted by Gasteiger charge is -2.07. The molecule has 0 aliphatic heterocycles. The highest BCUT2D eigenvalue weighted by Gasteiger charge is 2.04. The van der Waals surface area contributed by atoms with Crippen molar-refractivity contribution in [3.8, 4) is 16.9 Å². The molecule has 0 bridgehead atoms. The molecule has 0 aliphatic rings. The molecular weight excluding hydrogens is 336 g/mol. The number of carbonyl (C=O) groups is 1. The molecule has 4 N–H and O–H groups in total. The van der Waals surface area contributed by atoms with Gasteiger partial charge in [0.25, 0.3) is 0 Å². The second kappa shape index (κ2) is 9.01. The van der Waals surface area contributed by atoms with Crippen LogP contribution in [0.2, 0.25) is 0 Å². The zero-order valence-corrected chi connectivity index (χ0v) is 15.2. The van der Waals surface area contributed by atoms with Crippen LogP contribution in [0.15, 0.2) is 72.8 Å². The van der Waals surface area contributed by atoms with Gasteiger partial charge in [-0.2, -0.15) is 0 Å². The van der Waals surface area contributed by atoms with Crippen LogP contribution in [-0.2, 0) is 17.8 Å². The van der Waals surface area contributed by atoms with Crippen molar-refractivity contribution in [3.05, 3.63) is 83.9 Å². The number of aryl methyl sites for hydroxylation is 1. The zero-order chi connectivity index (χ0) is 19.1. The summed E-state index contributed by atoms with van der Waals surface area (Å²) in [6, 6.07) is 23.2. The van der Waals surface area contributed by atoms with Crippen LogP contribution in [0, 0.1) is 0 Å². The van der Waals surface area contributed by atoms with Crippen LogP contribution in [0.3, 0.4) is 0 Å². The number of anilines is 1. The number of benzene rings is 3. The maximum absolute atomic E-state index is 12.0. The van der Waals surface area contributed by atoms with Crippen LogP contribution < -0.4 is 11.1 Å². The first kappa shape index (κ1) is 18.7. The lowest BCUT2D eigenvalue weighted by Crippen LogP contribution is -2.11. The van der Waals surface area contributed by atoms with Gasteiger partial charge in [0.1, 0.15) is 5.75 Å². The second-order valence-electron chi connectivity index (χ2n) is 6.55. The highest BCUT2D eigenvalue weighted by atomic mass is 16.3. The van der Waals surface area contributed by atoms with E-state index in [0.29, 0.717) is 18.7 Å². The first-order chi connectivity index (χ1) is 13.1. The smallest absolute Gasteiger partial charge is 0.224 e. The summed E-state index contributed by atoms with van der Waals surface area (Å²) in [6.07, 6.45) is 2.10. The number of nitrogens with one attached hydrogen (secondary N) is 1. The molecule has 27 heavy (non-hydrogen) atoms. The minimum absolute atomic E-state index is 0.0164. The van der Waals surface area contributed by atoms with Gasteiger partial charge < -0.3 is 16.2 Å². The molecule has 0 atom stereocenters. The number of rotatable bonds is 7. The number of hydrogen-bond acceptors (Lipinski definition) is 3. The number of phenols is 1. The van der Waals surface area contributed by atoms with E-state index in [0.717, 1.165) is 18.4 Å². The molecule has 0 spiro atoms. The monoisotopic (exact) mass is 360 g/mol. The minimum atomic E-state index is -0.0164. The van der Waals surface area contributed by atoms with Crippen molar-refractivity contribution in [2.24, 2.45) is 5.73 Å². The van der Waals surface area contributed by atoms with E-state index in [1.807, 2.05) is 0 Å². The van der Waals surface area contributed by atoms with Crippen molar-refractivity contribution >= 4 is 11.6 Å². The normalized spacial score (nSPS) is 10.6. The Morgan fingerprint density at radius 1 is 0.815 bits per heavy atom. The summed E-state index contributed by atoms with van der Waals surface area (Å²) in [7, 11) is 0. The molecule has 3 aromatic carbocycles. The van der Waals surface area contributed by atoms with Gasteiger partial charge in [-0.3, -0.25) is 4.79 Å². The van der Waals surface area contributed by atoms with Gasteiger partial charge in [-0.15, -0.1) is 0 Å².